The fourth-order valence-electron chi connectivity index (χ4n) is 1.73. The molecule has 0 aromatic heterocycles. The van der Waals surface area contributed by atoms with Crippen molar-refractivity contribution in [3.05, 3.63) is 35.6 Å². The van der Waals surface area contributed by atoms with E-state index in [0.717, 1.165) is 31.6 Å². The molecule has 0 aliphatic rings. The van der Waals surface area contributed by atoms with E-state index in [2.05, 4.69) is 5.32 Å². The van der Waals surface area contributed by atoms with Gasteiger partial charge in [-0.2, -0.15) is 0 Å². The maximum Gasteiger partial charge on any atom is 0.123 e. The van der Waals surface area contributed by atoms with E-state index in [9.17, 15) is 4.39 Å². The van der Waals surface area contributed by atoms with Crippen molar-refractivity contribution in [2.24, 2.45) is 0 Å². The second-order valence-electron chi connectivity index (χ2n) is 3.74. The van der Waals surface area contributed by atoms with Crippen LogP contribution in [0, 0.1) is 5.82 Å². The standard InChI is InChI=1S/C13H20FNO/c1-3-16-9-5-8-13(15-2)11-6-4-7-12(14)10-11/h4,6-7,10,13,15H,3,5,8-9H2,1-2H3. The first-order chi connectivity index (χ1) is 7.77. The SMILES string of the molecule is CCOCCCC(NC)c1cccc(F)c1. The summed E-state index contributed by atoms with van der Waals surface area (Å²) in [5, 5.41) is 3.20. The lowest BCUT2D eigenvalue weighted by atomic mass is 10.0. The molecule has 0 saturated heterocycles. The van der Waals surface area contributed by atoms with Crippen LogP contribution >= 0.6 is 0 Å². The van der Waals surface area contributed by atoms with Crippen LogP contribution in [-0.4, -0.2) is 20.3 Å². The first-order valence-electron chi connectivity index (χ1n) is 5.78. The number of hydrogen-bond acceptors (Lipinski definition) is 2. The van der Waals surface area contributed by atoms with E-state index in [4.69, 9.17) is 4.74 Å². The highest BCUT2D eigenvalue weighted by Gasteiger charge is 2.09. The summed E-state index contributed by atoms with van der Waals surface area (Å²) in [7, 11) is 1.90. The van der Waals surface area contributed by atoms with Crippen LogP contribution in [0.15, 0.2) is 24.3 Å². The molecule has 0 amide bonds. The third kappa shape index (κ3) is 4.29. The van der Waals surface area contributed by atoms with E-state index in [-0.39, 0.29) is 11.9 Å². The first-order valence-corrected chi connectivity index (χ1v) is 5.78. The predicted octanol–water partition coefficient (Wildman–Crippen LogP) is 2.90. The Balaban J connectivity index is 2.47. The molecular formula is C13H20FNO. The van der Waals surface area contributed by atoms with Gasteiger partial charge in [0.25, 0.3) is 0 Å². The average molecular weight is 225 g/mol. The van der Waals surface area contributed by atoms with Gasteiger partial charge in [0, 0.05) is 19.3 Å². The zero-order valence-electron chi connectivity index (χ0n) is 10.0. The topological polar surface area (TPSA) is 21.3 Å². The van der Waals surface area contributed by atoms with Gasteiger partial charge in [-0.15, -0.1) is 0 Å². The molecule has 1 rings (SSSR count). The van der Waals surface area contributed by atoms with Crippen molar-refractivity contribution in [1.82, 2.24) is 5.32 Å². The predicted molar refractivity (Wildman–Crippen MR) is 63.9 cm³/mol. The van der Waals surface area contributed by atoms with Crippen LogP contribution in [0.2, 0.25) is 0 Å². The molecule has 1 aromatic carbocycles. The number of hydrogen-bond donors (Lipinski definition) is 1. The van der Waals surface area contributed by atoms with Gasteiger partial charge in [0.2, 0.25) is 0 Å². The Hall–Kier alpha value is -0.930. The van der Waals surface area contributed by atoms with E-state index in [1.54, 1.807) is 12.1 Å². The molecule has 1 aromatic rings. The lowest BCUT2D eigenvalue weighted by molar-refractivity contribution is 0.141. The second kappa shape index (κ2) is 7.36. The van der Waals surface area contributed by atoms with Gasteiger partial charge in [0.15, 0.2) is 0 Å². The molecule has 1 N–H and O–H groups in total. The van der Waals surface area contributed by atoms with Crippen LogP contribution in [0.5, 0.6) is 0 Å². The summed E-state index contributed by atoms with van der Waals surface area (Å²) in [6.07, 6.45) is 1.94. The van der Waals surface area contributed by atoms with Crippen LogP contribution in [0.4, 0.5) is 4.39 Å². The average Bonchev–Trinajstić information content (AvgIpc) is 2.29. The summed E-state index contributed by atoms with van der Waals surface area (Å²) in [5.74, 6) is -0.178. The third-order valence-electron chi connectivity index (χ3n) is 2.59. The molecule has 16 heavy (non-hydrogen) atoms. The molecule has 0 aliphatic heterocycles. The van der Waals surface area contributed by atoms with Crippen molar-refractivity contribution in [3.8, 4) is 0 Å². The first kappa shape index (κ1) is 13.1. The largest absolute Gasteiger partial charge is 0.382 e. The van der Waals surface area contributed by atoms with Crippen LogP contribution in [0.1, 0.15) is 31.4 Å². The van der Waals surface area contributed by atoms with Crippen molar-refractivity contribution in [2.75, 3.05) is 20.3 Å². The van der Waals surface area contributed by atoms with Gasteiger partial charge in [-0.05, 0) is 44.5 Å². The van der Waals surface area contributed by atoms with Gasteiger partial charge in [-0.1, -0.05) is 12.1 Å². The van der Waals surface area contributed by atoms with Crippen LogP contribution in [0.25, 0.3) is 0 Å². The van der Waals surface area contributed by atoms with Crippen molar-refractivity contribution in [3.63, 3.8) is 0 Å². The Labute approximate surface area is 96.8 Å². The highest BCUT2D eigenvalue weighted by Crippen LogP contribution is 2.18. The molecule has 0 fully saturated rings. The van der Waals surface area contributed by atoms with E-state index >= 15 is 0 Å². The summed E-state index contributed by atoms with van der Waals surface area (Å²) in [4.78, 5) is 0. The maximum atomic E-state index is 13.1. The minimum Gasteiger partial charge on any atom is -0.382 e. The highest BCUT2D eigenvalue weighted by molar-refractivity contribution is 5.19. The molecule has 0 saturated carbocycles. The molecule has 0 aliphatic carbocycles. The van der Waals surface area contributed by atoms with Gasteiger partial charge in [-0.3, -0.25) is 0 Å². The minimum atomic E-state index is -0.178. The van der Waals surface area contributed by atoms with Crippen molar-refractivity contribution in [2.45, 2.75) is 25.8 Å². The van der Waals surface area contributed by atoms with E-state index in [0.29, 0.717) is 0 Å². The molecule has 1 unspecified atom stereocenters. The van der Waals surface area contributed by atoms with Crippen LogP contribution < -0.4 is 5.32 Å². The number of halogens is 1. The Bertz CT molecular complexity index is 304. The van der Waals surface area contributed by atoms with E-state index in [1.165, 1.54) is 6.07 Å². The summed E-state index contributed by atoms with van der Waals surface area (Å²) < 4.78 is 18.3. The minimum absolute atomic E-state index is 0.178. The van der Waals surface area contributed by atoms with Gasteiger partial charge >= 0.3 is 0 Å². The summed E-state index contributed by atoms with van der Waals surface area (Å²) in [5.41, 5.74) is 0.999. The van der Waals surface area contributed by atoms with E-state index in [1.807, 2.05) is 20.0 Å². The fourth-order valence-corrected chi connectivity index (χ4v) is 1.73. The Morgan fingerprint density at radius 2 is 2.25 bits per heavy atom. The summed E-state index contributed by atoms with van der Waals surface area (Å²) in [6, 6.07) is 6.96. The molecule has 90 valence electrons. The Kier molecular flexibility index (Phi) is 6.04. The molecule has 0 radical (unpaired) electrons. The summed E-state index contributed by atoms with van der Waals surface area (Å²) in [6.45, 7) is 3.51. The molecular weight excluding hydrogens is 205 g/mol. The third-order valence-corrected chi connectivity index (χ3v) is 2.59. The monoisotopic (exact) mass is 225 g/mol. The lowest BCUT2D eigenvalue weighted by Crippen LogP contribution is -2.17. The molecule has 0 bridgehead atoms. The molecule has 2 nitrogen and oxygen atoms in total. The zero-order valence-corrected chi connectivity index (χ0v) is 10.0. The van der Waals surface area contributed by atoms with Gasteiger partial charge in [-0.25, -0.2) is 4.39 Å². The highest BCUT2D eigenvalue weighted by atomic mass is 19.1. The number of nitrogens with one attached hydrogen (secondary N) is 1. The summed E-state index contributed by atoms with van der Waals surface area (Å²) >= 11 is 0. The number of ether oxygens (including phenoxy) is 1. The Morgan fingerprint density at radius 3 is 2.88 bits per heavy atom. The molecule has 0 spiro atoms. The fraction of sp³-hybridized carbons (Fsp3) is 0.538. The van der Waals surface area contributed by atoms with E-state index < -0.39 is 0 Å². The normalized spacial score (nSPS) is 12.7. The van der Waals surface area contributed by atoms with Crippen molar-refractivity contribution in [1.29, 1.82) is 0 Å². The molecule has 1 atom stereocenters. The molecule has 3 heteroatoms. The maximum absolute atomic E-state index is 13.1. The van der Waals surface area contributed by atoms with Crippen LogP contribution in [-0.2, 0) is 4.74 Å². The molecule has 0 heterocycles. The van der Waals surface area contributed by atoms with Crippen molar-refractivity contribution < 1.29 is 9.13 Å². The number of benzene rings is 1. The number of rotatable bonds is 7. The van der Waals surface area contributed by atoms with Gasteiger partial charge in [0.05, 0.1) is 0 Å². The lowest BCUT2D eigenvalue weighted by Gasteiger charge is -2.16. The van der Waals surface area contributed by atoms with Gasteiger partial charge in [0.1, 0.15) is 5.82 Å². The smallest absolute Gasteiger partial charge is 0.123 e. The van der Waals surface area contributed by atoms with Crippen molar-refractivity contribution >= 4 is 0 Å². The Morgan fingerprint density at radius 1 is 1.44 bits per heavy atom. The quantitative estimate of drug-likeness (QED) is 0.720. The second-order valence-corrected chi connectivity index (χ2v) is 3.74. The van der Waals surface area contributed by atoms with Gasteiger partial charge < -0.3 is 10.1 Å². The zero-order chi connectivity index (χ0) is 11.8. The van der Waals surface area contributed by atoms with Crippen LogP contribution in [0.3, 0.4) is 0 Å².